The van der Waals surface area contributed by atoms with E-state index < -0.39 is 0 Å². The Morgan fingerprint density at radius 2 is 2.00 bits per heavy atom. The van der Waals surface area contributed by atoms with Gasteiger partial charge in [-0.25, -0.2) is 4.68 Å². The first-order valence-corrected chi connectivity index (χ1v) is 9.29. The zero-order valence-electron chi connectivity index (χ0n) is 15.5. The van der Waals surface area contributed by atoms with E-state index in [1.165, 1.54) is 29.5 Å². The Morgan fingerprint density at radius 1 is 1.12 bits per heavy atom. The van der Waals surface area contributed by atoms with E-state index in [0.29, 0.717) is 0 Å². The molecule has 0 saturated heterocycles. The lowest BCUT2D eigenvalue weighted by molar-refractivity contribution is 0.414. The molecule has 0 unspecified atom stereocenters. The Labute approximate surface area is 154 Å². The second-order valence-electron chi connectivity index (χ2n) is 6.94. The SMILES string of the molecule is COc1cccc(Cc2nn(-c3cccc(C)c3)c3c2CCCCN3)c1. The zero-order chi connectivity index (χ0) is 17.9. The van der Waals surface area contributed by atoms with Crippen LogP contribution in [0, 0.1) is 6.92 Å². The summed E-state index contributed by atoms with van der Waals surface area (Å²) in [6.07, 6.45) is 4.29. The minimum Gasteiger partial charge on any atom is -0.497 e. The van der Waals surface area contributed by atoms with Crippen molar-refractivity contribution in [3.8, 4) is 11.4 Å². The number of hydrogen-bond donors (Lipinski definition) is 1. The second kappa shape index (κ2) is 7.24. The molecule has 0 atom stereocenters. The molecular weight excluding hydrogens is 322 g/mol. The lowest BCUT2D eigenvalue weighted by atomic mass is 10.0. The van der Waals surface area contributed by atoms with E-state index in [0.717, 1.165) is 42.3 Å². The maximum atomic E-state index is 5.37. The average Bonchev–Trinajstić information content (AvgIpc) is 2.83. The van der Waals surface area contributed by atoms with Gasteiger partial charge in [0.25, 0.3) is 0 Å². The van der Waals surface area contributed by atoms with Crippen LogP contribution >= 0.6 is 0 Å². The van der Waals surface area contributed by atoms with Gasteiger partial charge >= 0.3 is 0 Å². The van der Waals surface area contributed by atoms with Crippen molar-refractivity contribution in [2.45, 2.75) is 32.6 Å². The monoisotopic (exact) mass is 347 g/mol. The van der Waals surface area contributed by atoms with Gasteiger partial charge in [0, 0.05) is 18.5 Å². The third-order valence-electron chi connectivity index (χ3n) is 4.96. The number of benzene rings is 2. The fourth-order valence-electron chi connectivity index (χ4n) is 3.64. The highest BCUT2D eigenvalue weighted by Gasteiger charge is 2.20. The summed E-state index contributed by atoms with van der Waals surface area (Å²) in [5.41, 5.74) is 6.10. The van der Waals surface area contributed by atoms with E-state index in [-0.39, 0.29) is 0 Å². The normalized spacial score (nSPS) is 13.6. The van der Waals surface area contributed by atoms with Crippen molar-refractivity contribution in [3.05, 3.63) is 70.9 Å². The van der Waals surface area contributed by atoms with E-state index >= 15 is 0 Å². The van der Waals surface area contributed by atoms with Crippen molar-refractivity contribution in [2.24, 2.45) is 0 Å². The Bertz CT molecular complexity index is 914. The van der Waals surface area contributed by atoms with Crippen LogP contribution in [0.4, 0.5) is 5.82 Å². The summed E-state index contributed by atoms with van der Waals surface area (Å²) in [6.45, 7) is 3.12. The molecule has 2 aromatic carbocycles. The quantitative estimate of drug-likeness (QED) is 0.754. The first-order valence-electron chi connectivity index (χ1n) is 9.29. The predicted molar refractivity (Wildman–Crippen MR) is 106 cm³/mol. The lowest BCUT2D eigenvalue weighted by Crippen LogP contribution is -2.07. The Kier molecular flexibility index (Phi) is 4.65. The Balaban J connectivity index is 1.77. The number of aromatic nitrogens is 2. The molecule has 4 rings (SSSR count). The molecule has 2 heterocycles. The molecule has 0 bridgehead atoms. The van der Waals surface area contributed by atoms with E-state index in [1.54, 1.807) is 7.11 Å². The molecule has 1 aromatic heterocycles. The van der Waals surface area contributed by atoms with Gasteiger partial charge in [0.1, 0.15) is 11.6 Å². The highest BCUT2D eigenvalue weighted by atomic mass is 16.5. The molecule has 0 saturated carbocycles. The third-order valence-corrected chi connectivity index (χ3v) is 4.96. The number of nitrogens with zero attached hydrogens (tertiary/aromatic N) is 2. The first kappa shape index (κ1) is 16.7. The van der Waals surface area contributed by atoms with E-state index in [1.807, 2.05) is 12.1 Å². The van der Waals surface area contributed by atoms with Crippen LogP contribution in [0.25, 0.3) is 5.69 Å². The number of methoxy groups -OCH3 is 1. The summed E-state index contributed by atoms with van der Waals surface area (Å²) in [7, 11) is 1.71. The zero-order valence-corrected chi connectivity index (χ0v) is 15.5. The van der Waals surface area contributed by atoms with Crippen LogP contribution in [-0.4, -0.2) is 23.4 Å². The maximum absolute atomic E-state index is 5.37. The predicted octanol–water partition coefficient (Wildman–Crippen LogP) is 4.53. The fourth-order valence-corrected chi connectivity index (χ4v) is 3.64. The molecule has 4 heteroatoms. The minimum absolute atomic E-state index is 0.819. The van der Waals surface area contributed by atoms with Crippen molar-refractivity contribution in [3.63, 3.8) is 0 Å². The average molecular weight is 347 g/mol. The van der Waals surface area contributed by atoms with Crippen LogP contribution in [0.15, 0.2) is 48.5 Å². The van der Waals surface area contributed by atoms with Gasteiger partial charge in [-0.2, -0.15) is 5.10 Å². The molecule has 1 N–H and O–H groups in total. The van der Waals surface area contributed by atoms with Gasteiger partial charge in [0.15, 0.2) is 0 Å². The van der Waals surface area contributed by atoms with Crippen LogP contribution in [0.5, 0.6) is 5.75 Å². The molecule has 0 spiro atoms. The van der Waals surface area contributed by atoms with Crippen LogP contribution in [0.2, 0.25) is 0 Å². The van der Waals surface area contributed by atoms with Crippen LogP contribution < -0.4 is 10.1 Å². The molecule has 1 aliphatic heterocycles. The van der Waals surface area contributed by atoms with Gasteiger partial charge < -0.3 is 10.1 Å². The van der Waals surface area contributed by atoms with Gasteiger partial charge in [-0.1, -0.05) is 24.3 Å². The maximum Gasteiger partial charge on any atom is 0.133 e. The first-order chi connectivity index (χ1) is 12.7. The van der Waals surface area contributed by atoms with Crippen molar-refractivity contribution in [1.29, 1.82) is 0 Å². The molecule has 0 fully saturated rings. The van der Waals surface area contributed by atoms with E-state index in [2.05, 4.69) is 53.3 Å². The van der Waals surface area contributed by atoms with Crippen LogP contribution in [0.1, 0.15) is 35.2 Å². The molecule has 26 heavy (non-hydrogen) atoms. The van der Waals surface area contributed by atoms with Gasteiger partial charge in [0.2, 0.25) is 0 Å². The summed E-state index contributed by atoms with van der Waals surface area (Å²) >= 11 is 0. The third kappa shape index (κ3) is 3.32. The van der Waals surface area contributed by atoms with Gasteiger partial charge in [-0.05, 0) is 61.6 Å². The van der Waals surface area contributed by atoms with Crippen molar-refractivity contribution < 1.29 is 4.74 Å². The smallest absolute Gasteiger partial charge is 0.133 e. The van der Waals surface area contributed by atoms with Crippen molar-refractivity contribution in [2.75, 3.05) is 19.0 Å². The van der Waals surface area contributed by atoms with E-state index in [4.69, 9.17) is 9.84 Å². The number of aryl methyl sites for hydroxylation is 1. The van der Waals surface area contributed by atoms with Gasteiger partial charge in [0.05, 0.1) is 18.5 Å². The molecule has 0 aliphatic carbocycles. The molecule has 134 valence electrons. The van der Waals surface area contributed by atoms with E-state index in [9.17, 15) is 0 Å². The summed E-state index contributed by atoms with van der Waals surface area (Å²) < 4.78 is 7.46. The molecule has 0 amide bonds. The van der Waals surface area contributed by atoms with Crippen LogP contribution in [0.3, 0.4) is 0 Å². The molecule has 4 nitrogen and oxygen atoms in total. The highest BCUT2D eigenvalue weighted by molar-refractivity contribution is 5.55. The van der Waals surface area contributed by atoms with Crippen LogP contribution in [-0.2, 0) is 12.8 Å². The largest absolute Gasteiger partial charge is 0.497 e. The molecule has 0 radical (unpaired) electrons. The Hall–Kier alpha value is -2.75. The summed E-state index contributed by atoms with van der Waals surface area (Å²) in [5.74, 6) is 2.05. The highest BCUT2D eigenvalue weighted by Crippen LogP contribution is 2.30. The van der Waals surface area contributed by atoms with Crippen molar-refractivity contribution in [1.82, 2.24) is 9.78 Å². The number of rotatable bonds is 4. The van der Waals surface area contributed by atoms with Crippen molar-refractivity contribution >= 4 is 5.82 Å². The topological polar surface area (TPSA) is 39.1 Å². The fraction of sp³-hybridized carbons (Fsp3) is 0.318. The van der Waals surface area contributed by atoms with Gasteiger partial charge in [-0.3, -0.25) is 0 Å². The number of ether oxygens (including phenoxy) is 1. The Morgan fingerprint density at radius 3 is 2.85 bits per heavy atom. The molecule has 3 aromatic rings. The minimum atomic E-state index is 0.819. The number of fused-ring (bicyclic) bond motifs is 1. The summed E-state index contributed by atoms with van der Waals surface area (Å²) in [5, 5.41) is 8.63. The molecular formula is C22H25N3O. The lowest BCUT2D eigenvalue weighted by Gasteiger charge is -2.09. The summed E-state index contributed by atoms with van der Waals surface area (Å²) in [4.78, 5) is 0. The number of hydrogen-bond acceptors (Lipinski definition) is 3. The summed E-state index contributed by atoms with van der Waals surface area (Å²) in [6, 6.07) is 16.8. The van der Waals surface area contributed by atoms with Gasteiger partial charge in [-0.15, -0.1) is 0 Å². The molecule has 1 aliphatic rings. The standard InChI is InChI=1S/C22H25N3O/c1-16-7-5-9-18(13-16)25-22-20(11-3-4-12-23-22)21(24-25)15-17-8-6-10-19(14-17)26-2/h5-10,13-14,23H,3-4,11-12,15H2,1-2H3. The number of anilines is 1. The second-order valence-corrected chi connectivity index (χ2v) is 6.94. The number of nitrogens with one attached hydrogen (secondary N) is 1.